The number of aromatic nitrogens is 3. The highest BCUT2D eigenvalue weighted by Gasteiger charge is 2.12. The molecule has 2 aromatic rings. The second-order valence-electron chi connectivity index (χ2n) is 6.41. The van der Waals surface area contributed by atoms with Crippen LogP contribution in [0, 0.1) is 6.92 Å². The second-order valence-corrected chi connectivity index (χ2v) is 6.41. The van der Waals surface area contributed by atoms with Crippen molar-refractivity contribution in [2.24, 2.45) is 0 Å². The van der Waals surface area contributed by atoms with Crippen LogP contribution in [0.25, 0.3) is 0 Å². The van der Waals surface area contributed by atoms with Gasteiger partial charge in [0.15, 0.2) is 0 Å². The quantitative estimate of drug-likeness (QED) is 0.774. The summed E-state index contributed by atoms with van der Waals surface area (Å²) in [6, 6.07) is 8.71. The molecule has 2 rings (SSSR count). The lowest BCUT2D eigenvalue weighted by Crippen LogP contribution is -2.40. The Labute approximate surface area is 144 Å². The van der Waals surface area contributed by atoms with Gasteiger partial charge in [-0.25, -0.2) is 9.97 Å². The predicted octanol–water partition coefficient (Wildman–Crippen LogP) is 3.45. The van der Waals surface area contributed by atoms with Crippen molar-refractivity contribution in [3.8, 4) is 0 Å². The molecule has 0 fully saturated rings. The number of pyridine rings is 1. The summed E-state index contributed by atoms with van der Waals surface area (Å²) >= 11 is 0. The van der Waals surface area contributed by atoms with Crippen LogP contribution in [0.15, 0.2) is 30.5 Å². The number of nitrogens with zero attached hydrogens (tertiary/aromatic N) is 4. The molecule has 0 aromatic carbocycles. The van der Waals surface area contributed by atoms with Gasteiger partial charge in [0, 0.05) is 43.1 Å². The van der Waals surface area contributed by atoms with E-state index >= 15 is 0 Å². The van der Waals surface area contributed by atoms with Crippen molar-refractivity contribution >= 4 is 17.6 Å². The molecule has 0 saturated heterocycles. The van der Waals surface area contributed by atoms with Crippen LogP contribution in [0.2, 0.25) is 0 Å². The maximum atomic E-state index is 4.52. The molecular formula is C18H28N6. The molecule has 0 spiro atoms. The van der Waals surface area contributed by atoms with Crippen molar-refractivity contribution in [2.45, 2.75) is 46.7 Å². The molecule has 0 radical (unpaired) electrons. The SMILES string of the molecule is Cc1cc(NCCN(C(C)C)C(C)C)nc(Nc2ccccn2)n1. The minimum Gasteiger partial charge on any atom is -0.369 e. The van der Waals surface area contributed by atoms with E-state index in [1.54, 1.807) is 6.20 Å². The van der Waals surface area contributed by atoms with E-state index in [9.17, 15) is 0 Å². The molecule has 2 aromatic heterocycles. The number of rotatable bonds is 8. The fourth-order valence-electron chi connectivity index (χ4n) is 2.69. The topological polar surface area (TPSA) is 66.0 Å². The van der Waals surface area contributed by atoms with Gasteiger partial charge in [0.25, 0.3) is 0 Å². The third kappa shape index (κ3) is 5.45. The van der Waals surface area contributed by atoms with Gasteiger partial charge >= 0.3 is 0 Å². The summed E-state index contributed by atoms with van der Waals surface area (Å²) in [5.41, 5.74) is 0.913. The fourth-order valence-corrected chi connectivity index (χ4v) is 2.69. The van der Waals surface area contributed by atoms with E-state index in [4.69, 9.17) is 0 Å². The van der Waals surface area contributed by atoms with E-state index in [-0.39, 0.29) is 0 Å². The third-order valence-corrected chi connectivity index (χ3v) is 3.76. The van der Waals surface area contributed by atoms with Crippen molar-refractivity contribution in [2.75, 3.05) is 23.7 Å². The molecule has 0 saturated carbocycles. The standard InChI is InChI=1S/C18H28N6/c1-13(2)24(14(3)4)11-10-20-17-12-15(5)21-18(23-17)22-16-8-6-7-9-19-16/h6-9,12-14H,10-11H2,1-5H3,(H2,19,20,21,22,23). The lowest BCUT2D eigenvalue weighted by molar-refractivity contribution is 0.182. The molecule has 0 bridgehead atoms. The van der Waals surface area contributed by atoms with Crippen LogP contribution in [0.4, 0.5) is 17.6 Å². The summed E-state index contributed by atoms with van der Waals surface area (Å²) < 4.78 is 0. The van der Waals surface area contributed by atoms with Gasteiger partial charge in [-0.15, -0.1) is 0 Å². The van der Waals surface area contributed by atoms with E-state index in [0.29, 0.717) is 18.0 Å². The smallest absolute Gasteiger partial charge is 0.230 e. The van der Waals surface area contributed by atoms with Crippen molar-refractivity contribution in [1.82, 2.24) is 19.9 Å². The average molecular weight is 328 g/mol. The molecule has 130 valence electrons. The summed E-state index contributed by atoms with van der Waals surface area (Å²) in [6.45, 7) is 12.7. The fraction of sp³-hybridized carbons (Fsp3) is 0.500. The lowest BCUT2D eigenvalue weighted by Gasteiger charge is -2.30. The van der Waals surface area contributed by atoms with Crippen molar-refractivity contribution < 1.29 is 0 Å². The Hall–Kier alpha value is -2.21. The zero-order valence-electron chi connectivity index (χ0n) is 15.2. The molecule has 6 heteroatoms. The first kappa shape index (κ1) is 18.1. The van der Waals surface area contributed by atoms with Gasteiger partial charge in [-0.1, -0.05) is 6.07 Å². The highest BCUT2D eigenvalue weighted by Crippen LogP contribution is 2.14. The van der Waals surface area contributed by atoms with Gasteiger partial charge < -0.3 is 10.6 Å². The van der Waals surface area contributed by atoms with Crippen LogP contribution in [0.3, 0.4) is 0 Å². The van der Waals surface area contributed by atoms with E-state index in [1.807, 2.05) is 31.2 Å². The van der Waals surface area contributed by atoms with Gasteiger partial charge in [-0.2, -0.15) is 4.98 Å². The maximum Gasteiger partial charge on any atom is 0.230 e. The number of aryl methyl sites for hydroxylation is 1. The Kier molecular flexibility index (Phi) is 6.49. The van der Waals surface area contributed by atoms with Gasteiger partial charge in [-0.3, -0.25) is 4.90 Å². The molecule has 2 heterocycles. The Morgan fingerprint density at radius 1 is 1.04 bits per heavy atom. The van der Waals surface area contributed by atoms with Gasteiger partial charge in [-0.05, 0) is 46.8 Å². The lowest BCUT2D eigenvalue weighted by atomic mass is 10.2. The Morgan fingerprint density at radius 2 is 1.79 bits per heavy atom. The Balaban J connectivity index is 1.98. The molecule has 6 nitrogen and oxygen atoms in total. The summed E-state index contributed by atoms with van der Waals surface area (Å²) in [6.07, 6.45) is 1.74. The van der Waals surface area contributed by atoms with Crippen LogP contribution in [0.1, 0.15) is 33.4 Å². The summed E-state index contributed by atoms with van der Waals surface area (Å²) in [7, 11) is 0. The van der Waals surface area contributed by atoms with E-state index in [2.05, 4.69) is 58.2 Å². The second kappa shape index (κ2) is 8.59. The molecule has 0 amide bonds. The van der Waals surface area contributed by atoms with Crippen LogP contribution in [-0.2, 0) is 0 Å². The zero-order valence-corrected chi connectivity index (χ0v) is 15.2. The van der Waals surface area contributed by atoms with E-state index < -0.39 is 0 Å². The van der Waals surface area contributed by atoms with Crippen LogP contribution < -0.4 is 10.6 Å². The van der Waals surface area contributed by atoms with Gasteiger partial charge in [0.05, 0.1) is 0 Å². The molecule has 0 aliphatic carbocycles. The van der Waals surface area contributed by atoms with E-state index in [0.717, 1.165) is 30.4 Å². The van der Waals surface area contributed by atoms with Crippen LogP contribution in [-0.4, -0.2) is 45.0 Å². The van der Waals surface area contributed by atoms with Crippen LogP contribution >= 0.6 is 0 Å². The molecule has 0 atom stereocenters. The Morgan fingerprint density at radius 3 is 2.42 bits per heavy atom. The zero-order chi connectivity index (χ0) is 17.5. The van der Waals surface area contributed by atoms with Gasteiger partial charge in [0.2, 0.25) is 5.95 Å². The number of hydrogen-bond donors (Lipinski definition) is 2. The maximum absolute atomic E-state index is 4.52. The molecule has 2 N–H and O–H groups in total. The molecule has 0 aliphatic rings. The molecule has 0 aliphatic heterocycles. The molecular weight excluding hydrogens is 300 g/mol. The largest absolute Gasteiger partial charge is 0.369 e. The Bertz CT molecular complexity index is 619. The first-order valence-electron chi connectivity index (χ1n) is 8.49. The molecule has 0 unspecified atom stereocenters. The number of anilines is 3. The number of nitrogens with one attached hydrogen (secondary N) is 2. The minimum atomic E-state index is 0.528. The monoisotopic (exact) mass is 328 g/mol. The van der Waals surface area contributed by atoms with Crippen molar-refractivity contribution in [3.63, 3.8) is 0 Å². The van der Waals surface area contributed by atoms with Gasteiger partial charge in [0.1, 0.15) is 11.6 Å². The summed E-state index contributed by atoms with van der Waals surface area (Å²) in [5, 5.41) is 6.54. The minimum absolute atomic E-state index is 0.528. The normalized spacial score (nSPS) is 11.3. The first-order valence-corrected chi connectivity index (χ1v) is 8.49. The summed E-state index contributed by atoms with van der Waals surface area (Å²) in [5.74, 6) is 2.12. The highest BCUT2D eigenvalue weighted by molar-refractivity contribution is 5.50. The molecule has 24 heavy (non-hydrogen) atoms. The van der Waals surface area contributed by atoms with E-state index in [1.165, 1.54) is 0 Å². The highest BCUT2D eigenvalue weighted by atomic mass is 15.2. The van der Waals surface area contributed by atoms with Crippen molar-refractivity contribution in [1.29, 1.82) is 0 Å². The van der Waals surface area contributed by atoms with Crippen molar-refractivity contribution in [3.05, 3.63) is 36.2 Å². The summed E-state index contributed by atoms with van der Waals surface area (Å²) in [4.78, 5) is 15.6. The third-order valence-electron chi connectivity index (χ3n) is 3.76. The first-order chi connectivity index (χ1) is 11.5. The van der Waals surface area contributed by atoms with Crippen LogP contribution in [0.5, 0.6) is 0 Å². The predicted molar refractivity (Wildman–Crippen MR) is 99.8 cm³/mol. The average Bonchev–Trinajstić information content (AvgIpc) is 2.51. The number of hydrogen-bond acceptors (Lipinski definition) is 6.